The van der Waals surface area contributed by atoms with Gasteiger partial charge in [0.05, 0.1) is 17.2 Å². The van der Waals surface area contributed by atoms with Crippen molar-refractivity contribution in [2.45, 2.75) is 24.3 Å². The molecule has 0 aliphatic carbocycles. The summed E-state index contributed by atoms with van der Waals surface area (Å²) in [5.41, 5.74) is -0.877. The Kier molecular flexibility index (Phi) is 4.19. The first kappa shape index (κ1) is 14.4. The van der Waals surface area contributed by atoms with E-state index in [1.165, 1.54) is 19.2 Å². The lowest BCUT2D eigenvalue weighted by molar-refractivity contribution is 0.138. The predicted octanol–water partition coefficient (Wildman–Crippen LogP) is 1.73. The Bertz CT molecular complexity index is 499. The van der Waals surface area contributed by atoms with Gasteiger partial charge in [-0.1, -0.05) is 23.7 Å². The molecule has 0 amide bonds. The van der Waals surface area contributed by atoms with Gasteiger partial charge in [-0.25, -0.2) is 8.42 Å². The molecular weight excluding hydrogens is 262 g/mol. The molecular formula is C11H16ClNO3S. The highest BCUT2D eigenvalue weighted by molar-refractivity contribution is 7.89. The average Bonchev–Trinajstić information content (AvgIpc) is 2.28. The van der Waals surface area contributed by atoms with E-state index in [1.54, 1.807) is 26.0 Å². The third-order valence-electron chi connectivity index (χ3n) is 2.71. The molecule has 6 heteroatoms. The molecule has 0 atom stereocenters. The van der Waals surface area contributed by atoms with Crippen molar-refractivity contribution in [2.75, 3.05) is 13.7 Å². The molecule has 0 spiro atoms. The van der Waals surface area contributed by atoms with E-state index in [9.17, 15) is 13.5 Å². The Labute approximate surface area is 107 Å². The Morgan fingerprint density at radius 1 is 1.35 bits per heavy atom. The van der Waals surface area contributed by atoms with Crippen LogP contribution in [0.2, 0.25) is 5.02 Å². The molecule has 0 aliphatic rings. The van der Waals surface area contributed by atoms with Gasteiger partial charge in [0.15, 0.2) is 0 Å². The summed E-state index contributed by atoms with van der Waals surface area (Å²) in [6.07, 6.45) is 0. The van der Waals surface area contributed by atoms with Crippen LogP contribution < -0.4 is 0 Å². The van der Waals surface area contributed by atoms with Crippen molar-refractivity contribution in [1.82, 2.24) is 4.31 Å². The lowest BCUT2D eigenvalue weighted by Crippen LogP contribution is -2.47. The molecule has 1 aromatic rings. The van der Waals surface area contributed by atoms with Crippen LogP contribution in [0.5, 0.6) is 0 Å². The van der Waals surface area contributed by atoms with Crippen LogP contribution in [-0.2, 0) is 10.0 Å². The zero-order chi connectivity index (χ0) is 13.3. The fourth-order valence-corrected chi connectivity index (χ4v) is 3.22. The maximum absolute atomic E-state index is 12.3. The molecule has 4 nitrogen and oxygen atoms in total. The van der Waals surface area contributed by atoms with Crippen molar-refractivity contribution < 1.29 is 13.5 Å². The topological polar surface area (TPSA) is 57.6 Å². The summed E-state index contributed by atoms with van der Waals surface area (Å²) >= 11 is 5.88. The molecule has 0 aliphatic heterocycles. The molecule has 0 saturated carbocycles. The predicted molar refractivity (Wildman–Crippen MR) is 67.6 cm³/mol. The molecule has 96 valence electrons. The van der Waals surface area contributed by atoms with Crippen molar-refractivity contribution in [3.05, 3.63) is 29.3 Å². The molecule has 0 unspecified atom stereocenters. The first-order valence-corrected chi connectivity index (χ1v) is 6.89. The maximum atomic E-state index is 12.3. The van der Waals surface area contributed by atoms with E-state index in [-0.39, 0.29) is 16.5 Å². The van der Waals surface area contributed by atoms with E-state index < -0.39 is 15.6 Å². The lowest BCUT2D eigenvalue weighted by atomic mass is 10.1. The fourth-order valence-electron chi connectivity index (χ4n) is 1.23. The number of aliphatic hydroxyl groups excluding tert-OH is 1. The van der Waals surface area contributed by atoms with Crippen molar-refractivity contribution in [2.24, 2.45) is 0 Å². The third kappa shape index (κ3) is 2.80. The van der Waals surface area contributed by atoms with Gasteiger partial charge in [0, 0.05) is 7.05 Å². The number of sulfonamides is 1. The van der Waals surface area contributed by atoms with Gasteiger partial charge in [-0.2, -0.15) is 4.31 Å². The van der Waals surface area contributed by atoms with Crippen molar-refractivity contribution in [1.29, 1.82) is 0 Å². The van der Waals surface area contributed by atoms with Crippen LogP contribution in [-0.4, -0.2) is 37.0 Å². The van der Waals surface area contributed by atoms with Gasteiger partial charge in [0.25, 0.3) is 0 Å². The summed E-state index contributed by atoms with van der Waals surface area (Å²) in [5, 5.41) is 9.38. The van der Waals surface area contributed by atoms with E-state index in [4.69, 9.17) is 11.6 Å². The smallest absolute Gasteiger partial charge is 0.244 e. The summed E-state index contributed by atoms with van der Waals surface area (Å²) in [5.74, 6) is 0. The van der Waals surface area contributed by atoms with Gasteiger partial charge < -0.3 is 5.11 Å². The lowest BCUT2D eigenvalue weighted by Gasteiger charge is -2.32. The number of hydrogen-bond acceptors (Lipinski definition) is 3. The Balaban J connectivity index is 3.26. The summed E-state index contributed by atoms with van der Waals surface area (Å²) in [6, 6.07) is 6.24. The maximum Gasteiger partial charge on any atom is 0.244 e. The van der Waals surface area contributed by atoms with Crippen LogP contribution in [0.25, 0.3) is 0 Å². The van der Waals surface area contributed by atoms with Crippen LogP contribution in [0.1, 0.15) is 13.8 Å². The van der Waals surface area contributed by atoms with Gasteiger partial charge in [-0.05, 0) is 26.0 Å². The summed E-state index contributed by atoms with van der Waals surface area (Å²) in [7, 11) is -2.27. The molecule has 0 radical (unpaired) electrons. The normalized spacial score (nSPS) is 13.1. The standard InChI is InChI=1S/C11H16ClNO3S/c1-11(2,8-14)13(3)17(15,16)10-7-5-4-6-9(10)12/h4-7,14H,8H2,1-3H3. The monoisotopic (exact) mass is 277 g/mol. The highest BCUT2D eigenvalue weighted by Gasteiger charge is 2.34. The second-order valence-corrected chi connectivity index (χ2v) is 6.72. The Hall–Kier alpha value is -0.620. The van der Waals surface area contributed by atoms with E-state index in [0.717, 1.165) is 4.31 Å². The second-order valence-electron chi connectivity index (χ2n) is 4.37. The number of hydrogen-bond donors (Lipinski definition) is 1. The van der Waals surface area contributed by atoms with Crippen molar-refractivity contribution >= 4 is 21.6 Å². The van der Waals surface area contributed by atoms with Crippen LogP contribution in [0.4, 0.5) is 0 Å². The molecule has 0 bridgehead atoms. The number of rotatable bonds is 4. The minimum atomic E-state index is -3.70. The highest BCUT2D eigenvalue weighted by atomic mass is 35.5. The van der Waals surface area contributed by atoms with Gasteiger partial charge in [0.1, 0.15) is 4.90 Å². The second kappa shape index (κ2) is 4.94. The van der Waals surface area contributed by atoms with Gasteiger partial charge >= 0.3 is 0 Å². The van der Waals surface area contributed by atoms with Crippen LogP contribution in [0.3, 0.4) is 0 Å². The molecule has 1 rings (SSSR count). The largest absolute Gasteiger partial charge is 0.394 e. The summed E-state index contributed by atoms with van der Waals surface area (Å²) in [6.45, 7) is 3.01. The van der Waals surface area contributed by atoms with E-state index in [1.807, 2.05) is 0 Å². The molecule has 1 N–H and O–H groups in total. The molecule has 0 fully saturated rings. The highest BCUT2D eigenvalue weighted by Crippen LogP contribution is 2.27. The van der Waals surface area contributed by atoms with Gasteiger partial charge in [-0.3, -0.25) is 0 Å². The molecule has 0 heterocycles. The Morgan fingerprint density at radius 2 is 1.88 bits per heavy atom. The average molecular weight is 278 g/mol. The first-order chi connectivity index (χ1) is 7.73. The third-order valence-corrected chi connectivity index (χ3v) is 5.28. The van der Waals surface area contributed by atoms with Crippen LogP contribution >= 0.6 is 11.6 Å². The fraction of sp³-hybridized carbons (Fsp3) is 0.455. The zero-order valence-electron chi connectivity index (χ0n) is 10.0. The van der Waals surface area contributed by atoms with Gasteiger partial charge in [-0.15, -0.1) is 0 Å². The number of likely N-dealkylation sites (N-methyl/N-ethyl adjacent to an activating group) is 1. The molecule has 17 heavy (non-hydrogen) atoms. The number of benzene rings is 1. The summed E-state index contributed by atoms with van der Waals surface area (Å²) in [4.78, 5) is 0.0469. The van der Waals surface area contributed by atoms with Crippen molar-refractivity contribution in [3.8, 4) is 0 Å². The van der Waals surface area contributed by atoms with Crippen LogP contribution in [0.15, 0.2) is 29.2 Å². The number of nitrogens with zero attached hydrogens (tertiary/aromatic N) is 1. The van der Waals surface area contributed by atoms with E-state index in [0.29, 0.717) is 0 Å². The van der Waals surface area contributed by atoms with Gasteiger partial charge in [0.2, 0.25) is 10.0 Å². The van der Waals surface area contributed by atoms with Crippen molar-refractivity contribution in [3.63, 3.8) is 0 Å². The summed E-state index contributed by atoms with van der Waals surface area (Å²) < 4.78 is 25.7. The molecule has 0 aromatic heterocycles. The van der Waals surface area contributed by atoms with E-state index in [2.05, 4.69) is 0 Å². The quantitative estimate of drug-likeness (QED) is 0.912. The minimum Gasteiger partial charge on any atom is -0.394 e. The molecule has 1 aromatic carbocycles. The first-order valence-electron chi connectivity index (χ1n) is 5.08. The number of halogens is 1. The SMILES string of the molecule is CN(C(C)(C)CO)S(=O)(=O)c1ccccc1Cl. The number of aliphatic hydroxyl groups is 1. The van der Waals surface area contributed by atoms with Crippen LogP contribution in [0, 0.1) is 0 Å². The minimum absolute atomic E-state index is 0.0469. The Morgan fingerprint density at radius 3 is 2.35 bits per heavy atom. The zero-order valence-corrected chi connectivity index (χ0v) is 11.6. The molecule has 0 saturated heterocycles. The van der Waals surface area contributed by atoms with E-state index >= 15 is 0 Å².